The lowest BCUT2D eigenvalue weighted by Crippen LogP contribution is -2.47. The zero-order chi connectivity index (χ0) is 21.5. The van der Waals surface area contributed by atoms with Crippen molar-refractivity contribution in [1.82, 2.24) is 9.47 Å². The number of aromatic nitrogens is 1. The Morgan fingerprint density at radius 2 is 1.74 bits per heavy atom. The molecule has 1 aliphatic carbocycles. The largest absolute Gasteiger partial charge is 0.419 e. The summed E-state index contributed by atoms with van der Waals surface area (Å²) in [5.74, 6) is 0.464. The number of nitrogens with zero attached hydrogens (tertiary/aromatic N) is 3. The highest BCUT2D eigenvalue weighted by Crippen LogP contribution is 2.41. The van der Waals surface area contributed by atoms with Crippen molar-refractivity contribution in [2.45, 2.75) is 19.9 Å². The second-order valence-corrected chi connectivity index (χ2v) is 8.74. The average Bonchev–Trinajstić information content (AvgIpc) is 3.42. The molecule has 1 saturated heterocycles. The quantitative estimate of drug-likeness (QED) is 0.569. The number of fused-ring (bicyclic) bond motifs is 1. The minimum atomic E-state index is -0.353. The van der Waals surface area contributed by atoms with E-state index in [1.165, 1.54) is 19.1 Å². The topological polar surface area (TPSA) is 58.7 Å². The molecule has 2 aliphatic rings. The van der Waals surface area contributed by atoms with Crippen molar-refractivity contribution in [3.8, 4) is 0 Å². The van der Waals surface area contributed by atoms with Gasteiger partial charge in [0.15, 0.2) is 11.4 Å². The van der Waals surface area contributed by atoms with E-state index in [2.05, 4.69) is 9.80 Å². The van der Waals surface area contributed by atoms with Crippen LogP contribution in [0.25, 0.3) is 11.1 Å². The van der Waals surface area contributed by atoms with Gasteiger partial charge in [0.2, 0.25) is 0 Å². The van der Waals surface area contributed by atoms with Crippen molar-refractivity contribution in [1.29, 1.82) is 0 Å². The van der Waals surface area contributed by atoms with Crippen LogP contribution in [-0.2, 0) is 6.54 Å². The minimum absolute atomic E-state index is 0.0425. The summed E-state index contributed by atoms with van der Waals surface area (Å²) in [4.78, 5) is 28.7. The third kappa shape index (κ3) is 4.14. The van der Waals surface area contributed by atoms with Crippen LogP contribution in [0.3, 0.4) is 0 Å². The Kier molecular flexibility index (Phi) is 5.14. The van der Waals surface area contributed by atoms with Crippen LogP contribution in [0, 0.1) is 17.7 Å². The van der Waals surface area contributed by atoms with Crippen LogP contribution < -0.4 is 10.7 Å². The van der Waals surface area contributed by atoms with Crippen molar-refractivity contribution < 1.29 is 13.6 Å². The summed E-state index contributed by atoms with van der Waals surface area (Å²) in [5.41, 5.74) is 2.86. The summed E-state index contributed by atoms with van der Waals surface area (Å²) in [6, 6.07) is 11.9. The van der Waals surface area contributed by atoms with Gasteiger partial charge >= 0.3 is 5.76 Å². The zero-order valence-corrected chi connectivity index (χ0v) is 17.6. The molecule has 5 rings (SSSR count). The van der Waals surface area contributed by atoms with Gasteiger partial charge in [0.1, 0.15) is 5.82 Å². The smallest absolute Gasteiger partial charge is 0.408 e. The number of carbonyl (C=O) groups is 1. The highest BCUT2D eigenvalue weighted by Gasteiger charge is 2.39. The first-order valence-corrected chi connectivity index (χ1v) is 10.8. The maximum atomic E-state index is 13.1. The first-order valence-electron chi connectivity index (χ1n) is 10.8. The lowest BCUT2D eigenvalue weighted by atomic mass is 10.1. The molecule has 0 radical (unpaired) electrons. The second kappa shape index (κ2) is 7.96. The van der Waals surface area contributed by atoms with Gasteiger partial charge in [-0.3, -0.25) is 14.3 Å². The number of Topliss-reactive ketones (excluding diaryl/α,β-unsaturated/α-hetero) is 1. The number of rotatable bonds is 6. The molecule has 2 fully saturated rings. The van der Waals surface area contributed by atoms with Crippen LogP contribution >= 0.6 is 0 Å². The van der Waals surface area contributed by atoms with Crippen LogP contribution in [0.2, 0.25) is 0 Å². The Morgan fingerprint density at radius 3 is 2.45 bits per heavy atom. The minimum Gasteiger partial charge on any atom is -0.408 e. The number of benzene rings is 2. The van der Waals surface area contributed by atoms with Crippen molar-refractivity contribution in [2.24, 2.45) is 11.8 Å². The normalized spacial score (nSPS) is 21.5. The standard InChI is InChI=1S/C24H26FN3O3/c1-16(29)17-2-7-22-23(13-17)31-24(30)28(22)15-19-12-18(19)14-26-8-10-27(11-9-26)21-5-3-20(25)4-6-21/h2-7,13,18-19H,8-12,14-15H2,1H3/t18-,19+/m0/s1. The number of halogens is 1. The van der Waals surface area contributed by atoms with Crippen molar-refractivity contribution in [2.75, 3.05) is 37.6 Å². The lowest BCUT2D eigenvalue weighted by molar-refractivity contribution is 0.101. The SMILES string of the molecule is CC(=O)c1ccc2c(c1)oc(=O)n2C[C@H]1C[C@H]1CN1CCN(c2ccc(F)cc2)CC1. The predicted molar refractivity (Wildman–Crippen MR) is 117 cm³/mol. The van der Waals surface area contributed by atoms with Gasteiger partial charge in [-0.15, -0.1) is 0 Å². The van der Waals surface area contributed by atoms with Gasteiger partial charge in [0.05, 0.1) is 5.52 Å². The highest BCUT2D eigenvalue weighted by atomic mass is 19.1. The molecule has 2 atom stereocenters. The molecule has 3 aromatic rings. The number of carbonyl (C=O) groups excluding carboxylic acids is 1. The van der Waals surface area contributed by atoms with Gasteiger partial charge in [-0.2, -0.15) is 0 Å². The number of anilines is 1. The van der Waals surface area contributed by atoms with Crippen LogP contribution in [0.1, 0.15) is 23.7 Å². The summed E-state index contributed by atoms with van der Waals surface area (Å²) in [7, 11) is 0. The Bertz CT molecular complexity index is 1160. The average molecular weight is 423 g/mol. The summed E-state index contributed by atoms with van der Waals surface area (Å²) in [5, 5.41) is 0. The molecule has 2 aromatic carbocycles. The molecule has 31 heavy (non-hydrogen) atoms. The van der Waals surface area contributed by atoms with Crippen molar-refractivity contribution in [3.05, 3.63) is 64.4 Å². The molecule has 7 heteroatoms. The maximum Gasteiger partial charge on any atom is 0.419 e. The first kappa shape index (κ1) is 20.0. The predicted octanol–water partition coefficient (Wildman–Crippen LogP) is 3.39. The van der Waals surface area contributed by atoms with Crippen molar-refractivity contribution in [3.63, 3.8) is 0 Å². The van der Waals surface area contributed by atoms with Gasteiger partial charge in [0.25, 0.3) is 0 Å². The van der Waals surface area contributed by atoms with Crippen LogP contribution in [0.5, 0.6) is 0 Å². The molecular formula is C24H26FN3O3. The van der Waals surface area contributed by atoms with E-state index < -0.39 is 0 Å². The molecule has 0 amide bonds. The molecule has 1 aliphatic heterocycles. The van der Waals surface area contributed by atoms with Gasteiger partial charge in [-0.25, -0.2) is 9.18 Å². The maximum absolute atomic E-state index is 13.1. The van der Waals surface area contributed by atoms with Gasteiger partial charge in [-0.1, -0.05) is 0 Å². The number of ketones is 1. The fraction of sp³-hybridized carbons (Fsp3) is 0.417. The number of hydrogen-bond acceptors (Lipinski definition) is 5. The van der Waals surface area contributed by atoms with Crippen LogP contribution in [-0.4, -0.2) is 48.0 Å². The fourth-order valence-corrected chi connectivity index (χ4v) is 4.62. The third-order valence-electron chi connectivity index (χ3n) is 6.62. The van der Waals surface area contributed by atoms with E-state index in [-0.39, 0.29) is 17.4 Å². The molecule has 0 bridgehead atoms. The Balaban J connectivity index is 1.16. The van der Waals surface area contributed by atoms with Gasteiger partial charge < -0.3 is 9.32 Å². The van der Waals surface area contributed by atoms with E-state index in [1.54, 1.807) is 16.7 Å². The lowest BCUT2D eigenvalue weighted by Gasteiger charge is -2.36. The first-order chi connectivity index (χ1) is 15.0. The number of piperazine rings is 1. The monoisotopic (exact) mass is 423 g/mol. The van der Waals surface area contributed by atoms with Gasteiger partial charge in [0, 0.05) is 50.5 Å². The fourth-order valence-electron chi connectivity index (χ4n) is 4.62. The second-order valence-electron chi connectivity index (χ2n) is 8.74. The number of hydrogen-bond donors (Lipinski definition) is 0. The molecule has 0 spiro atoms. The van der Waals surface area contributed by atoms with E-state index in [1.807, 2.05) is 18.2 Å². The van der Waals surface area contributed by atoms with Crippen molar-refractivity contribution >= 4 is 22.6 Å². The summed E-state index contributed by atoms with van der Waals surface area (Å²) in [6.45, 7) is 7.06. The Labute approximate surface area is 179 Å². The summed E-state index contributed by atoms with van der Waals surface area (Å²) < 4.78 is 20.2. The summed E-state index contributed by atoms with van der Waals surface area (Å²) in [6.07, 6.45) is 1.11. The van der Waals surface area contributed by atoms with Gasteiger partial charge in [-0.05, 0) is 67.6 Å². The van der Waals surface area contributed by atoms with E-state index in [4.69, 9.17) is 4.42 Å². The van der Waals surface area contributed by atoms with E-state index in [9.17, 15) is 14.0 Å². The molecule has 2 heterocycles. The third-order valence-corrected chi connectivity index (χ3v) is 6.62. The Morgan fingerprint density at radius 1 is 1.03 bits per heavy atom. The van der Waals surface area contributed by atoms with E-state index in [0.717, 1.165) is 50.3 Å². The molecular weight excluding hydrogens is 397 g/mol. The van der Waals surface area contributed by atoms with E-state index in [0.29, 0.717) is 29.5 Å². The molecule has 6 nitrogen and oxygen atoms in total. The number of oxazole rings is 1. The van der Waals surface area contributed by atoms with E-state index >= 15 is 0 Å². The van der Waals surface area contributed by atoms with Crippen LogP contribution in [0.4, 0.5) is 10.1 Å². The van der Waals surface area contributed by atoms with Crippen LogP contribution in [0.15, 0.2) is 51.7 Å². The summed E-state index contributed by atoms with van der Waals surface area (Å²) >= 11 is 0. The molecule has 0 N–H and O–H groups in total. The highest BCUT2D eigenvalue weighted by molar-refractivity contribution is 5.96. The molecule has 162 valence electrons. The molecule has 0 unspecified atom stereocenters. The molecule has 1 aromatic heterocycles. The zero-order valence-electron chi connectivity index (χ0n) is 17.6. The molecule has 1 saturated carbocycles. The Hall–Kier alpha value is -2.93.